The van der Waals surface area contributed by atoms with E-state index in [0.29, 0.717) is 19.1 Å². The van der Waals surface area contributed by atoms with Gasteiger partial charge in [0, 0.05) is 19.2 Å². The Hall–Kier alpha value is -1.97. The van der Waals surface area contributed by atoms with Gasteiger partial charge < -0.3 is 24.6 Å². The maximum Gasteiger partial charge on any atom is 0.191 e. The Bertz CT molecular complexity index is 702. The van der Waals surface area contributed by atoms with Crippen LogP contribution in [-0.2, 0) is 6.54 Å². The summed E-state index contributed by atoms with van der Waals surface area (Å²) in [5.41, 5.74) is 0.953. The van der Waals surface area contributed by atoms with Gasteiger partial charge in [0.15, 0.2) is 11.7 Å². The summed E-state index contributed by atoms with van der Waals surface area (Å²) in [5.74, 6) is 3.53. The second kappa shape index (κ2) is 13.2. The van der Waals surface area contributed by atoms with Crippen LogP contribution in [0.15, 0.2) is 39.8 Å². The summed E-state index contributed by atoms with van der Waals surface area (Å²) in [6.45, 7) is 8.85. The van der Waals surface area contributed by atoms with E-state index in [1.165, 1.54) is 0 Å². The molecule has 0 aliphatic rings. The Morgan fingerprint density at radius 2 is 1.89 bits per heavy atom. The monoisotopic (exact) mass is 502 g/mol. The lowest BCUT2D eigenvalue weighted by Gasteiger charge is -2.11. The average molecular weight is 502 g/mol. The second-order valence-corrected chi connectivity index (χ2v) is 6.37. The first-order valence-electron chi connectivity index (χ1n) is 9.37. The summed E-state index contributed by atoms with van der Waals surface area (Å²) in [5, 5.41) is 10.6. The highest BCUT2D eigenvalue weighted by Gasteiger charge is 2.07. The number of aromatic nitrogens is 1. The van der Waals surface area contributed by atoms with Crippen LogP contribution in [0.3, 0.4) is 0 Å². The van der Waals surface area contributed by atoms with Gasteiger partial charge in [0.05, 0.1) is 19.4 Å². The number of halogens is 1. The van der Waals surface area contributed by atoms with Crippen LogP contribution >= 0.6 is 24.0 Å². The van der Waals surface area contributed by atoms with Gasteiger partial charge in [-0.05, 0) is 43.5 Å². The molecule has 156 valence electrons. The summed E-state index contributed by atoms with van der Waals surface area (Å²) in [6, 6.07) is 9.54. The molecule has 0 saturated heterocycles. The van der Waals surface area contributed by atoms with Crippen molar-refractivity contribution in [3.63, 3.8) is 0 Å². The lowest BCUT2D eigenvalue weighted by Crippen LogP contribution is -2.38. The van der Waals surface area contributed by atoms with Gasteiger partial charge in [-0.2, -0.15) is 0 Å². The van der Waals surface area contributed by atoms with Gasteiger partial charge in [0.2, 0.25) is 0 Å². The van der Waals surface area contributed by atoms with Crippen molar-refractivity contribution in [1.29, 1.82) is 0 Å². The van der Waals surface area contributed by atoms with Gasteiger partial charge in [0.1, 0.15) is 18.0 Å². The highest BCUT2D eigenvalue weighted by molar-refractivity contribution is 14.0. The maximum absolute atomic E-state index is 5.72. The van der Waals surface area contributed by atoms with Crippen LogP contribution in [0.5, 0.6) is 11.5 Å². The SMILES string of the molecule is CCNC(=NCc1cc(C(C)C)no1)NCCCOc1ccc(OC)cc1.I. The molecule has 0 bridgehead atoms. The van der Waals surface area contributed by atoms with Crippen molar-refractivity contribution in [2.24, 2.45) is 4.99 Å². The molecule has 1 aromatic carbocycles. The zero-order valence-electron chi connectivity index (χ0n) is 17.0. The number of hydrogen-bond acceptors (Lipinski definition) is 5. The van der Waals surface area contributed by atoms with Gasteiger partial charge in [-0.3, -0.25) is 0 Å². The smallest absolute Gasteiger partial charge is 0.191 e. The summed E-state index contributed by atoms with van der Waals surface area (Å²) in [7, 11) is 1.65. The predicted molar refractivity (Wildman–Crippen MR) is 122 cm³/mol. The number of benzene rings is 1. The molecular weight excluding hydrogens is 471 g/mol. The number of nitrogens with zero attached hydrogens (tertiary/aromatic N) is 2. The molecule has 0 radical (unpaired) electrons. The van der Waals surface area contributed by atoms with Gasteiger partial charge in [-0.15, -0.1) is 24.0 Å². The molecule has 0 aliphatic carbocycles. The third-order valence-electron chi connectivity index (χ3n) is 3.85. The van der Waals surface area contributed by atoms with Crippen molar-refractivity contribution in [3.05, 3.63) is 41.8 Å². The Kier molecular flexibility index (Phi) is 11.4. The molecule has 1 aromatic heterocycles. The number of aliphatic imine (C=N–C) groups is 1. The third-order valence-corrected chi connectivity index (χ3v) is 3.85. The molecule has 0 aliphatic heterocycles. The van der Waals surface area contributed by atoms with Crippen molar-refractivity contribution >= 4 is 29.9 Å². The Morgan fingerprint density at radius 3 is 2.50 bits per heavy atom. The molecule has 1 heterocycles. The highest BCUT2D eigenvalue weighted by atomic mass is 127. The summed E-state index contributed by atoms with van der Waals surface area (Å²) in [4.78, 5) is 4.54. The zero-order chi connectivity index (χ0) is 19.5. The van der Waals surface area contributed by atoms with Crippen LogP contribution in [-0.4, -0.2) is 37.9 Å². The molecule has 0 atom stereocenters. The molecule has 0 fully saturated rings. The Morgan fingerprint density at radius 1 is 1.18 bits per heavy atom. The molecule has 0 unspecified atom stereocenters. The lowest BCUT2D eigenvalue weighted by atomic mass is 10.1. The first-order chi connectivity index (χ1) is 13.1. The number of rotatable bonds is 10. The minimum absolute atomic E-state index is 0. The summed E-state index contributed by atoms with van der Waals surface area (Å²) in [6.07, 6.45) is 0.857. The molecule has 2 rings (SSSR count). The van der Waals surface area contributed by atoms with Crippen molar-refractivity contribution in [1.82, 2.24) is 15.8 Å². The normalized spacial score (nSPS) is 11.1. The third kappa shape index (κ3) is 8.37. The Balaban J connectivity index is 0.00000392. The van der Waals surface area contributed by atoms with Gasteiger partial charge in [-0.25, -0.2) is 4.99 Å². The first kappa shape index (κ1) is 24.1. The van der Waals surface area contributed by atoms with E-state index < -0.39 is 0 Å². The van der Waals surface area contributed by atoms with Crippen LogP contribution < -0.4 is 20.1 Å². The van der Waals surface area contributed by atoms with Crippen LogP contribution in [0.25, 0.3) is 0 Å². The van der Waals surface area contributed by atoms with Crippen LogP contribution in [0.2, 0.25) is 0 Å². The van der Waals surface area contributed by atoms with Crippen molar-refractivity contribution in [3.8, 4) is 11.5 Å². The standard InChI is InChI=1S/C20H30N4O3.HI/c1-5-21-20(23-14-18-13-19(15(2)3)24-27-18)22-11-6-12-26-17-9-7-16(25-4)8-10-17;/h7-10,13,15H,5-6,11-12,14H2,1-4H3,(H2,21,22,23);1H. The Labute approximate surface area is 184 Å². The van der Waals surface area contributed by atoms with E-state index in [0.717, 1.165) is 48.4 Å². The molecule has 2 N–H and O–H groups in total. The van der Waals surface area contributed by atoms with E-state index in [9.17, 15) is 0 Å². The number of hydrogen-bond donors (Lipinski definition) is 2. The number of nitrogens with one attached hydrogen (secondary N) is 2. The fourth-order valence-electron chi connectivity index (χ4n) is 2.32. The topological polar surface area (TPSA) is 80.9 Å². The van der Waals surface area contributed by atoms with Crippen LogP contribution in [0, 0.1) is 0 Å². The van der Waals surface area contributed by atoms with E-state index in [2.05, 4.69) is 34.6 Å². The van der Waals surface area contributed by atoms with Crippen molar-refractivity contribution in [2.45, 2.75) is 39.7 Å². The van der Waals surface area contributed by atoms with Gasteiger partial charge in [0.25, 0.3) is 0 Å². The van der Waals surface area contributed by atoms with E-state index >= 15 is 0 Å². The van der Waals surface area contributed by atoms with E-state index in [4.69, 9.17) is 14.0 Å². The first-order valence-corrected chi connectivity index (χ1v) is 9.37. The summed E-state index contributed by atoms with van der Waals surface area (Å²) >= 11 is 0. The quantitative estimate of drug-likeness (QED) is 0.222. The van der Waals surface area contributed by atoms with Crippen LogP contribution in [0.1, 0.15) is 44.6 Å². The molecule has 2 aromatic rings. The molecule has 0 saturated carbocycles. The van der Waals surface area contributed by atoms with Gasteiger partial charge >= 0.3 is 0 Å². The fourth-order valence-corrected chi connectivity index (χ4v) is 2.32. The average Bonchev–Trinajstić information content (AvgIpc) is 3.15. The highest BCUT2D eigenvalue weighted by Crippen LogP contribution is 2.17. The maximum atomic E-state index is 5.72. The zero-order valence-corrected chi connectivity index (χ0v) is 19.4. The number of ether oxygens (including phenoxy) is 2. The molecule has 0 amide bonds. The van der Waals surface area contributed by atoms with E-state index in [1.54, 1.807) is 7.11 Å². The lowest BCUT2D eigenvalue weighted by molar-refractivity contribution is 0.310. The molecule has 0 spiro atoms. The summed E-state index contributed by atoms with van der Waals surface area (Å²) < 4.78 is 16.2. The minimum Gasteiger partial charge on any atom is -0.497 e. The van der Waals surface area contributed by atoms with Crippen molar-refractivity contribution in [2.75, 3.05) is 26.8 Å². The predicted octanol–water partition coefficient (Wildman–Crippen LogP) is 3.95. The molecule has 8 heteroatoms. The minimum atomic E-state index is 0. The fraction of sp³-hybridized carbons (Fsp3) is 0.500. The second-order valence-electron chi connectivity index (χ2n) is 6.37. The van der Waals surface area contributed by atoms with Gasteiger partial charge in [-0.1, -0.05) is 19.0 Å². The molecule has 7 nitrogen and oxygen atoms in total. The molecule has 28 heavy (non-hydrogen) atoms. The van der Waals surface area contributed by atoms with Crippen molar-refractivity contribution < 1.29 is 14.0 Å². The van der Waals surface area contributed by atoms with Crippen LogP contribution in [0.4, 0.5) is 0 Å². The largest absolute Gasteiger partial charge is 0.497 e. The number of methoxy groups -OCH3 is 1. The number of guanidine groups is 1. The molecular formula is C20H31IN4O3. The van der Waals surface area contributed by atoms with E-state index in [-0.39, 0.29) is 24.0 Å². The van der Waals surface area contributed by atoms with E-state index in [1.807, 2.05) is 37.3 Å².